The van der Waals surface area contributed by atoms with Crippen molar-refractivity contribution in [3.05, 3.63) is 47.5 Å². The van der Waals surface area contributed by atoms with Gasteiger partial charge in [0.1, 0.15) is 12.0 Å². The Morgan fingerprint density at radius 3 is 2.47 bits per heavy atom. The fourth-order valence-corrected chi connectivity index (χ4v) is 4.05. The van der Waals surface area contributed by atoms with Gasteiger partial charge >= 0.3 is 6.18 Å². The number of hydrogen-bond donors (Lipinski definition) is 2. The van der Waals surface area contributed by atoms with Gasteiger partial charge < -0.3 is 20.1 Å². The summed E-state index contributed by atoms with van der Waals surface area (Å²) in [5.41, 5.74) is -2.60. The Balaban J connectivity index is 1.60. The second kappa shape index (κ2) is 8.11. The lowest BCUT2D eigenvalue weighted by molar-refractivity contribution is -0.137. The summed E-state index contributed by atoms with van der Waals surface area (Å²) in [6, 6.07) is 3.72. The van der Waals surface area contributed by atoms with Crippen LogP contribution in [0.2, 0.25) is 0 Å². The number of aliphatic hydroxyl groups is 1. The van der Waals surface area contributed by atoms with Crippen molar-refractivity contribution in [2.45, 2.75) is 31.2 Å². The third-order valence-corrected chi connectivity index (χ3v) is 5.94. The second-order valence-corrected chi connectivity index (χ2v) is 8.75. The number of rotatable bonds is 6. The molecule has 6 nitrogen and oxygen atoms in total. The Morgan fingerprint density at radius 2 is 1.91 bits per heavy atom. The van der Waals surface area contributed by atoms with Gasteiger partial charge in [0.15, 0.2) is 11.6 Å². The molecule has 0 amide bonds. The molecule has 1 aromatic heterocycles. The van der Waals surface area contributed by atoms with Crippen molar-refractivity contribution >= 4 is 11.6 Å². The van der Waals surface area contributed by atoms with E-state index < -0.39 is 34.7 Å². The predicted octanol–water partition coefficient (Wildman–Crippen LogP) is 3.73. The van der Waals surface area contributed by atoms with E-state index in [0.29, 0.717) is 18.8 Å². The molecule has 0 aliphatic carbocycles. The van der Waals surface area contributed by atoms with Crippen molar-refractivity contribution in [3.8, 4) is 0 Å². The molecule has 2 fully saturated rings. The van der Waals surface area contributed by atoms with Gasteiger partial charge in [0.2, 0.25) is 5.82 Å². The van der Waals surface area contributed by atoms with Crippen molar-refractivity contribution in [1.29, 1.82) is 0 Å². The number of nitrogens with zero attached hydrogens (tertiary/aromatic N) is 3. The maximum Gasteiger partial charge on any atom is 0.416 e. The number of ether oxygens (including phenoxy) is 1. The summed E-state index contributed by atoms with van der Waals surface area (Å²) >= 11 is 0. The summed E-state index contributed by atoms with van der Waals surface area (Å²) in [5.74, 6) is -1.04. The topological polar surface area (TPSA) is 70.5 Å². The molecule has 11 heteroatoms. The summed E-state index contributed by atoms with van der Waals surface area (Å²) in [7, 11) is 0. The van der Waals surface area contributed by atoms with Crippen LogP contribution in [0.25, 0.3) is 0 Å². The number of alkyl halides is 4. The lowest BCUT2D eigenvalue weighted by atomic mass is 9.87. The van der Waals surface area contributed by atoms with Crippen molar-refractivity contribution in [1.82, 2.24) is 9.97 Å². The molecule has 0 radical (unpaired) electrons. The molecule has 2 aliphatic rings. The third-order valence-electron chi connectivity index (χ3n) is 5.94. The maximum absolute atomic E-state index is 15.3. The summed E-state index contributed by atoms with van der Waals surface area (Å²) in [6.07, 6.45) is -3.38. The minimum absolute atomic E-state index is 0.0322. The highest BCUT2D eigenvalue weighted by atomic mass is 19.4. The Kier molecular flexibility index (Phi) is 5.74. The molecular weight excluding hydrogens is 435 g/mol. The number of benzene rings is 1. The first kappa shape index (κ1) is 22.7. The van der Waals surface area contributed by atoms with Gasteiger partial charge in [-0.2, -0.15) is 17.6 Å². The van der Waals surface area contributed by atoms with E-state index in [1.54, 1.807) is 0 Å². The molecule has 2 N–H and O–H groups in total. The Hall–Kier alpha value is -2.53. The molecule has 2 aliphatic heterocycles. The molecule has 2 aromatic rings. The first-order chi connectivity index (χ1) is 15.0. The molecule has 2 saturated heterocycles. The van der Waals surface area contributed by atoms with Crippen LogP contribution in [0.4, 0.5) is 33.6 Å². The van der Waals surface area contributed by atoms with E-state index in [9.17, 15) is 22.7 Å². The summed E-state index contributed by atoms with van der Waals surface area (Å²) in [4.78, 5) is 9.33. The van der Waals surface area contributed by atoms with Crippen molar-refractivity contribution < 1.29 is 31.8 Å². The first-order valence-electron chi connectivity index (χ1n) is 10.1. The number of nitrogens with one attached hydrogen (secondary N) is 1. The van der Waals surface area contributed by atoms with Gasteiger partial charge in [0.25, 0.3) is 0 Å². The van der Waals surface area contributed by atoms with Gasteiger partial charge in [-0.1, -0.05) is 12.1 Å². The monoisotopic (exact) mass is 458 g/mol. The largest absolute Gasteiger partial charge is 0.416 e. The molecule has 4 rings (SSSR count). The van der Waals surface area contributed by atoms with Crippen LogP contribution in [0.1, 0.15) is 30.5 Å². The van der Waals surface area contributed by atoms with Crippen molar-refractivity contribution in [3.63, 3.8) is 0 Å². The molecule has 0 bridgehead atoms. The third kappa shape index (κ3) is 4.36. The quantitative estimate of drug-likeness (QED) is 0.643. The Morgan fingerprint density at radius 1 is 1.22 bits per heavy atom. The minimum Gasteiger partial charge on any atom is -0.396 e. The predicted molar refractivity (Wildman–Crippen MR) is 106 cm³/mol. The zero-order chi connectivity index (χ0) is 23.1. The number of hydrogen-bond acceptors (Lipinski definition) is 6. The minimum atomic E-state index is -4.49. The number of halogens is 5. The van der Waals surface area contributed by atoms with Gasteiger partial charge in [0, 0.05) is 13.0 Å². The van der Waals surface area contributed by atoms with Gasteiger partial charge in [-0.15, -0.1) is 0 Å². The molecular formula is C21H23F5N4O2. The fourth-order valence-electron chi connectivity index (χ4n) is 4.05. The molecule has 174 valence electrons. The van der Waals surface area contributed by atoms with Crippen LogP contribution in [0, 0.1) is 11.2 Å². The second-order valence-electron chi connectivity index (χ2n) is 8.75. The fraction of sp³-hybridized carbons (Fsp3) is 0.524. The summed E-state index contributed by atoms with van der Waals surface area (Å²) in [6.45, 7) is 1.93. The van der Waals surface area contributed by atoms with E-state index >= 15 is 4.39 Å². The Bertz CT molecular complexity index is 958. The maximum atomic E-state index is 15.3. The zero-order valence-electron chi connectivity index (χ0n) is 17.3. The molecule has 2 unspecified atom stereocenters. The highest BCUT2D eigenvalue weighted by Gasteiger charge is 2.44. The van der Waals surface area contributed by atoms with Crippen molar-refractivity contribution in [2.24, 2.45) is 5.41 Å². The number of aliphatic hydroxyl groups excluding tert-OH is 1. The molecule has 0 saturated carbocycles. The van der Waals surface area contributed by atoms with E-state index in [0.717, 1.165) is 18.5 Å². The highest BCUT2D eigenvalue weighted by Crippen LogP contribution is 2.44. The van der Waals surface area contributed by atoms with Gasteiger partial charge in [-0.25, -0.2) is 14.4 Å². The summed E-state index contributed by atoms with van der Waals surface area (Å²) in [5, 5.41) is 12.4. The van der Waals surface area contributed by atoms with Gasteiger partial charge in [0.05, 0.1) is 43.4 Å². The van der Waals surface area contributed by atoms with Crippen LogP contribution < -0.4 is 10.2 Å². The van der Waals surface area contributed by atoms with Crippen LogP contribution >= 0.6 is 0 Å². The zero-order valence-corrected chi connectivity index (χ0v) is 17.3. The number of anilines is 2. The van der Waals surface area contributed by atoms with Crippen LogP contribution in [0.15, 0.2) is 30.6 Å². The van der Waals surface area contributed by atoms with E-state index in [1.165, 1.54) is 24.0 Å². The van der Waals surface area contributed by atoms with Gasteiger partial charge in [-0.3, -0.25) is 0 Å². The van der Waals surface area contributed by atoms with Crippen molar-refractivity contribution in [2.75, 3.05) is 43.1 Å². The lowest BCUT2D eigenvalue weighted by Crippen LogP contribution is -2.50. The van der Waals surface area contributed by atoms with Crippen LogP contribution in [0.3, 0.4) is 0 Å². The van der Waals surface area contributed by atoms with E-state index in [1.807, 2.05) is 0 Å². The van der Waals surface area contributed by atoms with Crippen LogP contribution in [-0.2, 0) is 10.9 Å². The van der Waals surface area contributed by atoms with Gasteiger partial charge in [-0.05, 0) is 24.6 Å². The van der Waals surface area contributed by atoms with E-state index in [-0.39, 0.29) is 37.8 Å². The Labute approximate surface area is 181 Å². The normalized spacial score (nSPS) is 25.0. The van der Waals surface area contributed by atoms with E-state index in [4.69, 9.17) is 4.74 Å². The average molecular weight is 458 g/mol. The molecule has 1 aromatic carbocycles. The van der Waals surface area contributed by atoms with Crippen LogP contribution in [0.5, 0.6) is 0 Å². The SMILES string of the molecule is CC1(F)CC(c2ccc(C(F)(F)F)cc2)N(c2ncnc(NCC3(CO)COC3)c2F)C1. The molecule has 0 spiro atoms. The van der Waals surface area contributed by atoms with E-state index in [2.05, 4.69) is 15.3 Å². The van der Waals surface area contributed by atoms with Crippen LogP contribution in [-0.4, -0.2) is 53.7 Å². The number of aromatic nitrogens is 2. The lowest BCUT2D eigenvalue weighted by Gasteiger charge is -2.40. The molecule has 3 heterocycles. The summed E-state index contributed by atoms with van der Waals surface area (Å²) < 4.78 is 74.1. The molecule has 32 heavy (non-hydrogen) atoms. The standard InChI is InChI=1S/C21H23F5N4O2/c1-19(23)6-15(13-2-4-14(5-3-13)21(24,25)26)30(8-19)18-16(22)17(28-12-29-18)27-7-20(9-31)10-32-11-20/h2-5,12,15,31H,6-11H2,1H3,(H,27,28,29). The smallest absolute Gasteiger partial charge is 0.396 e. The average Bonchev–Trinajstić information content (AvgIpc) is 3.03. The highest BCUT2D eigenvalue weighted by molar-refractivity contribution is 5.54. The molecule has 2 atom stereocenters. The first-order valence-corrected chi connectivity index (χ1v) is 10.1.